The average Bonchev–Trinajstić information content (AvgIpc) is 3.18. The fourth-order valence-electron chi connectivity index (χ4n) is 3.20. The van der Waals surface area contributed by atoms with E-state index in [1.165, 1.54) is 18.7 Å². The summed E-state index contributed by atoms with van der Waals surface area (Å²) in [4.78, 5) is 29.0. The van der Waals surface area contributed by atoms with Crippen LogP contribution in [0.15, 0.2) is 84.3 Å². The zero-order chi connectivity index (χ0) is 22.5. The molecular formula is C24H21N5O2S. The number of nitrogens with one attached hydrogen (secondary N) is 1. The van der Waals surface area contributed by atoms with E-state index in [1.54, 1.807) is 36.7 Å². The summed E-state index contributed by atoms with van der Waals surface area (Å²) < 4.78 is 1.86. The van der Waals surface area contributed by atoms with Crippen LogP contribution in [0.3, 0.4) is 0 Å². The van der Waals surface area contributed by atoms with Crippen molar-refractivity contribution in [3.8, 4) is 11.4 Å². The molecule has 0 bridgehead atoms. The van der Waals surface area contributed by atoms with Crippen LogP contribution in [0.25, 0.3) is 11.4 Å². The van der Waals surface area contributed by atoms with Gasteiger partial charge in [-0.3, -0.25) is 14.6 Å². The van der Waals surface area contributed by atoms with Crippen molar-refractivity contribution in [1.29, 1.82) is 0 Å². The van der Waals surface area contributed by atoms with E-state index in [-0.39, 0.29) is 11.7 Å². The zero-order valence-corrected chi connectivity index (χ0v) is 18.4. The minimum Gasteiger partial charge on any atom is -0.325 e. The molecule has 0 aliphatic heterocycles. The third-order valence-electron chi connectivity index (χ3n) is 4.87. The van der Waals surface area contributed by atoms with Gasteiger partial charge in [0.1, 0.15) is 5.25 Å². The van der Waals surface area contributed by atoms with E-state index >= 15 is 0 Å². The topological polar surface area (TPSA) is 89.8 Å². The number of pyridine rings is 1. The van der Waals surface area contributed by atoms with Crippen molar-refractivity contribution in [2.24, 2.45) is 7.05 Å². The van der Waals surface area contributed by atoms with Crippen molar-refractivity contribution >= 4 is 29.1 Å². The molecule has 160 valence electrons. The van der Waals surface area contributed by atoms with E-state index < -0.39 is 5.25 Å². The maximum absolute atomic E-state index is 13.3. The lowest BCUT2D eigenvalue weighted by Crippen LogP contribution is -2.19. The minimum atomic E-state index is -0.564. The number of carbonyl (C=O) groups excluding carboxylic acids is 2. The SMILES string of the molecule is CC(=O)c1cccc(NC(=O)[C@H](Sc2nnc(-c3ccncc3)n2C)c2ccccc2)c1. The Labute approximate surface area is 189 Å². The summed E-state index contributed by atoms with van der Waals surface area (Å²) in [6, 6.07) is 20.1. The highest BCUT2D eigenvalue weighted by Gasteiger charge is 2.25. The number of benzene rings is 2. The van der Waals surface area contributed by atoms with Gasteiger partial charge in [-0.05, 0) is 36.8 Å². The van der Waals surface area contributed by atoms with Gasteiger partial charge in [0.25, 0.3) is 0 Å². The lowest BCUT2D eigenvalue weighted by atomic mass is 10.1. The van der Waals surface area contributed by atoms with Crippen LogP contribution < -0.4 is 5.32 Å². The molecule has 2 heterocycles. The summed E-state index contributed by atoms with van der Waals surface area (Å²) in [5.74, 6) is 0.421. The summed E-state index contributed by atoms with van der Waals surface area (Å²) >= 11 is 1.32. The van der Waals surface area contributed by atoms with Crippen LogP contribution in [0, 0.1) is 0 Å². The van der Waals surface area contributed by atoms with Crippen molar-refractivity contribution in [1.82, 2.24) is 19.7 Å². The van der Waals surface area contributed by atoms with E-state index in [1.807, 2.05) is 54.1 Å². The Kier molecular flexibility index (Phi) is 6.42. The first-order valence-corrected chi connectivity index (χ1v) is 10.8. The van der Waals surface area contributed by atoms with Crippen LogP contribution in [0.1, 0.15) is 28.1 Å². The standard InChI is InChI=1S/C24H21N5O2S/c1-16(30)19-9-6-10-20(15-19)26-23(31)21(17-7-4-3-5-8-17)32-24-28-27-22(29(24)2)18-11-13-25-14-12-18/h3-15,21H,1-2H3,(H,26,31)/t21-/m1/s1. The summed E-state index contributed by atoms with van der Waals surface area (Å²) in [6.07, 6.45) is 3.40. The molecule has 2 aromatic carbocycles. The Morgan fingerprint density at radius 3 is 2.44 bits per heavy atom. The van der Waals surface area contributed by atoms with Gasteiger partial charge in [0, 0.05) is 36.3 Å². The minimum absolute atomic E-state index is 0.0576. The number of aromatic nitrogens is 4. The number of hydrogen-bond acceptors (Lipinski definition) is 6. The third-order valence-corrected chi connectivity index (χ3v) is 6.16. The predicted octanol–water partition coefficient (Wildman–Crippen LogP) is 4.55. The molecule has 7 nitrogen and oxygen atoms in total. The van der Waals surface area contributed by atoms with Gasteiger partial charge in [0.15, 0.2) is 16.8 Å². The van der Waals surface area contributed by atoms with Crippen molar-refractivity contribution in [2.45, 2.75) is 17.3 Å². The fraction of sp³-hybridized carbons (Fsp3) is 0.125. The number of Topliss-reactive ketones (excluding diaryl/α,β-unsaturated/α-hetero) is 1. The van der Waals surface area contributed by atoms with E-state index in [9.17, 15) is 9.59 Å². The highest BCUT2D eigenvalue weighted by molar-refractivity contribution is 8.00. The molecule has 8 heteroatoms. The second-order valence-electron chi connectivity index (χ2n) is 7.14. The van der Waals surface area contributed by atoms with E-state index in [0.717, 1.165) is 11.1 Å². The molecule has 0 aliphatic rings. The molecule has 0 spiro atoms. The maximum atomic E-state index is 13.3. The molecule has 1 amide bonds. The molecule has 1 atom stereocenters. The van der Waals surface area contributed by atoms with E-state index in [0.29, 0.717) is 22.2 Å². The number of hydrogen-bond donors (Lipinski definition) is 1. The van der Waals surface area contributed by atoms with Gasteiger partial charge in [-0.15, -0.1) is 10.2 Å². The van der Waals surface area contributed by atoms with Crippen molar-refractivity contribution in [3.05, 3.63) is 90.3 Å². The van der Waals surface area contributed by atoms with Crippen molar-refractivity contribution in [3.63, 3.8) is 0 Å². The Morgan fingerprint density at radius 1 is 0.969 bits per heavy atom. The summed E-state index contributed by atoms with van der Waals surface area (Å²) in [5.41, 5.74) is 2.84. The van der Waals surface area contributed by atoms with Gasteiger partial charge in [0.05, 0.1) is 0 Å². The quantitative estimate of drug-likeness (QED) is 0.333. The average molecular weight is 444 g/mol. The van der Waals surface area contributed by atoms with Gasteiger partial charge in [-0.25, -0.2) is 0 Å². The first-order valence-electron chi connectivity index (χ1n) is 9.96. The Bertz CT molecular complexity index is 1240. The van der Waals surface area contributed by atoms with Crippen LogP contribution in [-0.4, -0.2) is 31.4 Å². The number of rotatable bonds is 7. The van der Waals surface area contributed by atoms with Gasteiger partial charge in [-0.1, -0.05) is 54.2 Å². The normalized spacial score (nSPS) is 11.7. The summed E-state index contributed by atoms with van der Waals surface area (Å²) in [5, 5.41) is 11.6. The summed E-state index contributed by atoms with van der Waals surface area (Å²) in [7, 11) is 1.87. The maximum Gasteiger partial charge on any atom is 0.242 e. The number of thioether (sulfide) groups is 1. The van der Waals surface area contributed by atoms with Crippen molar-refractivity contribution in [2.75, 3.05) is 5.32 Å². The Morgan fingerprint density at radius 2 is 1.72 bits per heavy atom. The predicted molar refractivity (Wildman–Crippen MR) is 124 cm³/mol. The van der Waals surface area contributed by atoms with Gasteiger partial charge in [0.2, 0.25) is 5.91 Å². The molecule has 32 heavy (non-hydrogen) atoms. The number of ketones is 1. The number of amides is 1. The smallest absolute Gasteiger partial charge is 0.242 e. The van der Waals surface area contributed by atoms with Crippen LogP contribution in [-0.2, 0) is 11.8 Å². The Hall–Kier alpha value is -3.78. The van der Waals surface area contributed by atoms with Crippen LogP contribution in [0.4, 0.5) is 5.69 Å². The first kappa shape index (κ1) is 21.5. The highest BCUT2D eigenvalue weighted by Crippen LogP contribution is 2.36. The number of carbonyl (C=O) groups is 2. The second kappa shape index (κ2) is 9.57. The monoisotopic (exact) mass is 443 g/mol. The van der Waals surface area contributed by atoms with E-state index in [4.69, 9.17) is 0 Å². The van der Waals surface area contributed by atoms with Gasteiger partial charge < -0.3 is 9.88 Å². The van der Waals surface area contributed by atoms with Crippen molar-refractivity contribution < 1.29 is 9.59 Å². The summed E-state index contributed by atoms with van der Waals surface area (Å²) in [6.45, 7) is 1.50. The molecule has 0 fully saturated rings. The molecule has 1 N–H and O–H groups in total. The van der Waals surface area contributed by atoms with Crippen LogP contribution in [0.5, 0.6) is 0 Å². The van der Waals surface area contributed by atoms with E-state index in [2.05, 4.69) is 20.5 Å². The molecule has 0 saturated heterocycles. The highest BCUT2D eigenvalue weighted by atomic mass is 32.2. The number of nitrogens with zero attached hydrogens (tertiary/aromatic N) is 4. The van der Waals surface area contributed by atoms with Gasteiger partial charge >= 0.3 is 0 Å². The fourth-order valence-corrected chi connectivity index (χ4v) is 4.20. The molecule has 0 radical (unpaired) electrons. The molecule has 2 aromatic heterocycles. The first-order chi connectivity index (χ1) is 15.5. The lowest BCUT2D eigenvalue weighted by molar-refractivity contribution is -0.115. The van der Waals surface area contributed by atoms with Crippen LogP contribution in [0.2, 0.25) is 0 Å². The molecule has 0 unspecified atom stereocenters. The second-order valence-corrected chi connectivity index (χ2v) is 8.21. The molecule has 0 aliphatic carbocycles. The third kappa shape index (κ3) is 4.76. The largest absolute Gasteiger partial charge is 0.325 e. The molecule has 0 saturated carbocycles. The Balaban J connectivity index is 1.62. The van der Waals surface area contributed by atoms with Crippen LogP contribution >= 0.6 is 11.8 Å². The zero-order valence-electron chi connectivity index (χ0n) is 17.6. The lowest BCUT2D eigenvalue weighted by Gasteiger charge is -2.17. The molecule has 4 aromatic rings. The number of anilines is 1. The van der Waals surface area contributed by atoms with Gasteiger partial charge in [-0.2, -0.15) is 0 Å². The molecule has 4 rings (SSSR count). The molecular weight excluding hydrogens is 422 g/mol.